The van der Waals surface area contributed by atoms with Crippen molar-refractivity contribution in [2.24, 2.45) is 0 Å². The minimum atomic E-state index is -0.750. The zero-order valence-corrected chi connectivity index (χ0v) is 12.1. The van der Waals surface area contributed by atoms with Crippen molar-refractivity contribution in [1.82, 2.24) is 4.98 Å². The van der Waals surface area contributed by atoms with E-state index in [0.29, 0.717) is 17.9 Å². The Labute approximate surface area is 127 Å². The first-order chi connectivity index (χ1) is 10.5. The van der Waals surface area contributed by atoms with Gasteiger partial charge in [0.15, 0.2) is 0 Å². The van der Waals surface area contributed by atoms with Gasteiger partial charge in [-0.15, -0.1) is 0 Å². The minimum absolute atomic E-state index is 0.0680. The molecule has 2 aromatic rings. The van der Waals surface area contributed by atoms with E-state index in [-0.39, 0.29) is 5.69 Å². The number of nitrogens with two attached hydrogens (primary N) is 2. The first-order valence-corrected chi connectivity index (χ1v) is 6.95. The normalized spacial score (nSPS) is 13.8. The summed E-state index contributed by atoms with van der Waals surface area (Å²) in [5.74, 6) is -0.938. The van der Waals surface area contributed by atoms with Gasteiger partial charge in [-0.05, 0) is 24.6 Å². The minimum Gasteiger partial charge on any atom is -0.396 e. The average Bonchev–Trinajstić information content (AvgIpc) is 2.50. The molecule has 114 valence electrons. The van der Waals surface area contributed by atoms with Crippen LogP contribution < -0.4 is 16.4 Å². The number of halogens is 2. The SMILES string of the molecule is CCN1CC(c2cc(N)c(F)cc2F)=Cc2cnc(N)cc21. The summed E-state index contributed by atoms with van der Waals surface area (Å²) >= 11 is 0. The third-order valence-corrected chi connectivity index (χ3v) is 3.78. The summed E-state index contributed by atoms with van der Waals surface area (Å²) in [7, 11) is 0. The van der Waals surface area contributed by atoms with Gasteiger partial charge in [-0.2, -0.15) is 0 Å². The number of aromatic nitrogens is 1. The van der Waals surface area contributed by atoms with Crippen LogP contribution in [0.4, 0.5) is 26.0 Å². The van der Waals surface area contributed by atoms with Crippen LogP contribution in [0.2, 0.25) is 0 Å². The monoisotopic (exact) mass is 302 g/mol. The fourth-order valence-corrected chi connectivity index (χ4v) is 2.64. The van der Waals surface area contributed by atoms with E-state index >= 15 is 0 Å². The highest BCUT2D eigenvalue weighted by Crippen LogP contribution is 2.34. The molecular formula is C16H16F2N4. The van der Waals surface area contributed by atoms with E-state index in [1.807, 2.05) is 13.0 Å². The fourth-order valence-electron chi connectivity index (χ4n) is 2.64. The molecule has 0 bridgehead atoms. The van der Waals surface area contributed by atoms with E-state index in [1.165, 1.54) is 6.07 Å². The lowest BCUT2D eigenvalue weighted by molar-refractivity contribution is 0.583. The van der Waals surface area contributed by atoms with Crippen LogP contribution in [0.3, 0.4) is 0 Å². The molecular weight excluding hydrogens is 286 g/mol. The molecule has 0 radical (unpaired) electrons. The second kappa shape index (κ2) is 5.29. The molecule has 0 spiro atoms. The summed E-state index contributed by atoms with van der Waals surface area (Å²) in [6, 6.07) is 3.94. The number of nitrogens with zero attached hydrogens (tertiary/aromatic N) is 2. The molecule has 6 heteroatoms. The number of pyridine rings is 1. The largest absolute Gasteiger partial charge is 0.396 e. The summed E-state index contributed by atoms with van der Waals surface area (Å²) in [5.41, 5.74) is 14.1. The number of hydrogen-bond donors (Lipinski definition) is 2. The van der Waals surface area contributed by atoms with Gasteiger partial charge in [0.2, 0.25) is 0 Å². The molecule has 4 N–H and O–H groups in total. The van der Waals surface area contributed by atoms with Gasteiger partial charge in [0.05, 0.1) is 5.69 Å². The zero-order chi connectivity index (χ0) is 15.9. The van der Waals surface area contributed by atoms with Crippen molar-refractivity contribution in [2.45, 2.75) is 6.92 Å². The quantitative estimate of drug-likeness (QED) is 0.837. The Morgan fingerprint density at radius 3 is 2.68 bits per heavy atom. The zero-order valence-electron chi connectivity index (χ0n) is 12.1. The smallest absolute Gasteiger partial charge is 0.149 e. The molecule has 0 atom stereocenters. The summed E-state index contributed by atoms with van der Waals surface area (Å²) in [6.07, 6.45) is 3.49. The van der Waals surface area contributed by atoms with Crippen molar-refractivity contribution < 1.29 is 8.78 Å². The molecule has 2 heterocycles. The van der Waals surface area contributed by atoms with Crippen LogP contribution >= 0.6 is 0 Å². The van der Waals surface area contributed by atoms with Gasteiger partial charge >= 0.3 is 0 Å². The van der Waals surface area contributed by atoms with Gasteiger partial charge < -0.3 is 16.4 Å². The molecule has 0 fully saturated rings. The Hall–Kier alpha value is -2.63. The Morgan fingerprint density at radius 1 is 1.18 bits per heavy atom. The second-order valence-corrected chi connectivity index (χ2v) is 5.21. The van der Waals surface area contributed by atoms with Crippen LogP contribution in [0.5, 0.6) is 0 Å². The third kappa shape index (κ3) is 2.36. The molecule has 1 aliphatic heterocycles. The lowest BCUT2D eigenvalue weighted by Crippen LogP contribution is -2.28. The van der Waals surface area contributed by atoms with Crippen molar-refractivity contribution in [3.05, 3.63) is 47.2 Å². The average molecular weight is 302 g/mol. The molecule has 0 saturated heterocycles. The van der Waals surface area contributed by atoms with Crippen LogP contribution in [0.15, 0.2) is 24.4 Å². The van der Waals surface area contributed by atoms with Gasteiger partial charge in [0.1, 0.15) is 17.5 Å². The van der Waals surface area contributed by atoms with Crippen molar-refractivity contribution in [1.29, 1.82) is 0 Å². The summed E-state index contributed by atoms with van der Waals surface area (Å²) in [4.78, 5) is 6.13. The molecule has 1 aromatic carbocycles. The molecule has 1 aliphatic rings. The lowest BCUT2D eigenvalue weighted by atomic mass is 9.97. The van der Waals surface area contributed by atoms with Gasteiger partial charge in [0, 0.05) is 48.2 Å². The predicted molar refractivity (Wildman–Crippen MR) is 85.2 cm³/mol. The molecule has 0 saturated carbocycles. The van der Waals surface area contributed by atoms with Crippen LogP contribution in [0.1, 0.15) is 18.1 Å². The van der Waals surface area contributed by atoms with Gasteiger partial charge in [0.25, 0.3) is 0 Å². The van der Waals surface area contributed by atoms with Crippen LogP contribution in [0, 0.1) is 11.6 Å². The van der Waals surface area contributed by atoms with Crippen molar-refractivity contribution in [2.75, 3.05) is 29.5 Å². The maximum atomic E-state index is 14.1. The van der Waals surface area contributed by atoms with Gasteiger partial charge in [-0.25, -0.2) is 13.8 Å². The van der Waals surface area contributed by atoms with Crippen LogP contribution in [-0.4, -0.2) is 18.1 Å². The van der Waals surface area contributed by atoms with Gasteiger partial charge in [-0.3, -0.25) is 0 Å². The van der Waals surface area contributed by atoms with E-state index in [4.69, 9.17) is 11.5 Å². The maximum absolute atomic E-state index is 14.1. The van der Waals surface area contributed by atoms with E-state index < -0.39 is 11.6 Å². The number of likely N-dealkylation sites (N-methyl/N-ethyl adjacent to an activating group) is 1. The van der Waals surface area contributed by atoms with Crippen molar-refractivity contribution in [3.63, 3.8) is 0 Å². The van der Waals surface area contributed by atoms with E-state index in [1.54, 1.807) is 12.3 Å². The van der Waals surface area contributed by atoms with Crippen LogP contribution in [0.25, 0.3) is 11.6 Å². The Morgan fingerprint density at radius 2 is 1.95 bits per heavy atom. The maximum Gasteiger partial charge on any atom is 0.149 e. The first kappa shape index (κ1) is 14.3. The highest BCUT2D eigenvalue weighted by atomic mass is 19.1. The lowest BCUT2D eigenvalue weighted by Gasteiger charge is -2.30. The number of rotatable bonds is 2. The van der Waals surface area contributed by atoms with Crippen LogP contribution in [-0.2, 0) is 0 Å². The van der Waals surface area contributed by atoms with E-state index in [2.05, 4.69) is 9.88 Å². The standard InChI is InChI=1S/C16H16F2N4/c1-2-22-8-10(3-9-7-21-16(20)6-15(9)22)11-4-14(19)13(18)5-12(11)17/h3-7H,2,8,19H2,1H3,(H2,20,21). The Balaban J connectivity index is 2.13. The summed E-state index contributed by atoms with van der Waals surface area (Å²) < 4.78 is 27.4. The molecule has 0 amide bonds. The number of anilines is 3. The molecule has 3 rings (SSSR count). The summed E-state index contributed by atoms with van der Waals surface area (Å²) in [6.45, 7) is 3.22. The predicted octanol–water partition coefficient (Wildman–Crippen LogP) is 2.90. The highest BCUT2D eigenvalue weighted by Gasteiger charge is 2.21. The fraction of sp³-hybridized carbons (Fsp3) is 0.188. The van der Waals surface area contributed by atoms with Gasteiger partial charge in [-0.1, -0.05) is 0 Å². The molecule has 4 nitrogen and oxygen atoms in total. The van der Waals surface area contributed by atoms with E-state index in [9.17, 15) is 8.78 Å². The molecule has 0 unspecified atom stereocenters. The Bertz CT molecular complexity index is 771. The first-order valence-electron chi connectivity index (χ1n) is 6.95. The van der Waals surface area contributed by atoms with E-state index in [0.717, 1.165) is 29.4 Å². The Kier molecular flexibility index (Phi) is 3.44. The van der Waals surface area contributed by atoms with Crippen molar-refractivity contribution >= 4 is 28.8 Å². The molecule has 22 heavy (non-hydrogen) atoms. The number of nitrogen functional groups attached to an aromatic ring is 2. The number of hydrogen-bond acceptors (Lipinski definition) is 4. The number of fused-ring (bicyclic) bond motifs is 1. The highest BCUT2D eigenvalue weighted by molar-refractivity contribution is 5.92. The molecule has 0 aliphatic carbocycles. The summed E-state index contributed by atoms with van der Waals surface area (Å²) in [5, 5.41) is 0. The second-order valence-electron chi connectivity index (χ2n) is 5.21. The van der Waals surface area contributed by atoms with Crippen molar-refractivity contribution in [3.8, 4) is 0 Å². The number of benzene rings is 1. The third-order valence-electron chi connectivity index (χ3n) is 3.78. The topological polar surface area (TPSA) is 68.2 Å². The molecule has 1 aromatic heterocycles.